The summed E-state index contributed by atoms with van der Waals surface area (Å²) in [5, 5.41) is 0. The molecule has 0 spiro atoms. The van der Waals surface area contributed by atoms with Crippen molar-refractivity contribution in [2.24, 2.45) is 0 Å². The first kappa shape index (κ1) is 62.1. The molecule has 1 unspecified atom stereocenters. The van der Waals surface area contributed by atoms with Gasteiger partial charge in [-0.1, -0.05) is 239 Å². The molecule has 6 heteroatoms. The summed E-state index contributed by atoms with van der Waals surface area (Å²) in [6.45, 7) is 6.41. The van der Waals surface area contributed by atoms with Gasteiger partial charge in [0.15, 0.2) is 6.10 Å². The van der Waals surface area contributed by atoms with Crippen LogP contribution in [0.15, 0.2) is 109 Å². The number of ether oxygens (including phenoxy) is 3. The summed E-state index contributed by atoms with van der Waals surface area (Å²) in [4.78, 5) is 38.0. The van der Waals surface area contributed by atoms with Gasteiger partial charge in [-0.3, -0.25) is 14.4 Å². The monoisotopic (exact) mass is 915 g/mol. The minimum Gasteiger partial charge on any atom is -0.462 e. The van der Waals surface area contributed by atoms with E-state index in [0.29, 0.717) is 19.3 Å². The van der Waals surface area contributed by atoms with E-state index in [1.807, 2.05) is 24.3 Å². The molecule has 6 nitrogen and oxygen atoms in total. The largest absolute Gasteiger partial charge is 0.462 e. The lowest BCUT2D eigenvalue weighted by Crippen LogP contribution is -2.30. The lowest BCUT2D eigenvalue weighted by molar-refractivity contribution is -0.167. The fourth-order valence-electron chi connectivity index (χ4n) is 7.03. The molecule has 0 heterocycles. The van der Waals surface area contributed by atoms with Crippen molar-refractivity contribution in [2.45, 2.75) is 239 Å². The number of hydrogen-bond acceptors (Lipinski definition) is 6. The van der Waals surface area contributed by atoms with Gasteiger partial charge in [0.2, 0.25) is 0 Å². The van der Waals surface area contributed by atoms with Crippen LogP contribution in [0.4, 0.5) is 0 Å². The third-order valence-corrected chi connectivity index (χ3v) is 11.1. The van der Waals surface area contributed by atoms with E-state index in [1.165, 1.54) is 96.3 Å². The van der Waals surface area contributed by atoms with E-state index >= 15 is 0 Å². The Hall–Kier alpha value is -3.93. The van der Waals surface area contributed by atoms with E-state index in [-0.39, 0.29) is 31.1 Å². The second-order valence-corrected chi connectivity index (χ2v) is 17.6. The maximum absolute atomic E-state index is 12.8. The standard InChI is InChI=1S/C60H98O6/c1-4-7-10-13-16-19-22-24-26-28-30-32-33-35-38-41-44-47-50-53-59(62)65-56-57(55-64-58(61)52-49-46-43-40-37-21-18-15-12-9-6-3)66-60(63)54-51-48-45-42-39-36-34-31-29-27-25-23-20-17-14-11-8-5-2/h11,14-25,27,29,31,34,37,57H,4-10,12-13,26,28,30,32-33,35-36,38-56H2,1-3H3/b14-11-,18-15-,19-16-,20-17-,24-22-,25-23-,29-27-,34-31-,37-21-. The minimum absolute atomic E-state index is 0.101. The van der Waals surface area contributed by atoms with Gasteiger partial charge in [0, 0.05) is 19.3 Å². The minimum atomic E-state index is -0.805. The molecule has 0 aliphatic carbocycles. The number of carbonyl (C=O) groups is 3. The molecule has 374 valence electrons. The average Bonchev–Trinajstić information content (AvgIpc) is 3.31. The van der Waals surface area contributed by atoms with Crippen LogP contribution in [0.3, 0.4) is 0 Å². The Kier molecular flexibility index (Phi) is 50.5. The van der Waals surface area contributed by atoms with Gasteiger partial charge in [0.1, 0.15) is 13.2 Å². The van der Waals surface area contributed by atoms with Gasteiger partial charge in [-0.05, 0) is 83.5 Å². The summed E-state index contributed by atoms with van der Waals surface area (Å²) in [5.74, 6) is -0.962. The van der Waals surface area contributed by atoms with Gasteiger partial charge in [-0.25, -0.2) is 0 Å². The molecule has 0 aliphatic rings. The van der Waals surface area contributed by atoms with E-state index in [0.717, 1.165) is 96.3 Å². The van der Waals surface area contributed by atoms with Crippen LogP contribution in [-0.2, 0) is 28.6 Å². The molecule has 0 radical (unpaired) electrons. The summed E-state index contributed by atoms with van der Waals surface area (Å²) in [5.41, 5.74) is 0. The molecule has 0 saturated carbocycles. The number of esters is 3. The average molecular weight is 915 g/mol. The fourth-order valence-corrected chi connectivity index (χ4v) is 7.03. The SMILES string of the molecule is CCC\C=C/C=C\C=C/C=C\C=C/CCCCCCCC(=O)OC(COC(=O)CCCCC/C=C\C=C/CCCC)COC(=O)CCCCCCCCCCCC/C=C\C=C/CCCCC. The van der Waals surface area contributed by atoms with Crippen LogP contribution in [0, 0.1) is 0 Å². The fraction of sp³-hybridized carbons (Fsp3) is 0.650. The second kappa shape index (κ2) is 53.7. The summed E-state index contributed by atoms with van der Waals surface area (Å²) in [7, 11) is 0. The molecule has 0 aromatic carbocycles. The molecule has 0 aliphatic heterocycles. The van der Waals surface area contributed by atoms with Crippen LogP contribution in [0.5, 0.6) is 0 Å². The molecule has 0 bridgehead atoms. The molecular weight excluding hydrogens is 817 g/mol. The number of hydrogen-bond donors (Lipinski definition) is 0. The van der Waals surface area contributed by atoms with Crippen molar-refractivity contribution in [1.29, 1.82) is 0 Å². The van der Waals surface area contributed by atoms with Crippen LogP contribution < -0.4 is 0 Å². The van der Waals surface area contributed by atoms with E-state index < -0.39 is 6.10 Å². The highest BCUT2D eigenvalue weighted by atomic mass is 16.6. The summed E-state index contributed by atoms with van der Waals surface area (Å²) in [6, 6.07) is 0. The zero-order valence-electron chi connectivity index (χ0n) is 42.7. The zero-order valence-corrected chi connectivity index (χ0v) is 42.7. The van der Waals surface area contributed by atoms with E-state index in [2.05, 4.69) is 106 Å². The van der Waals surface area contributed by atoms with Gasteiger partial charge in [-0.2, -0.15) is 0 Å². The first-order chi connectivity index (χ1) is 32.5. The molecule has 0 N–H and O–H groups in total. The van der Waals surface area contributed by atoms with Crippen molar-refractivity contribution >= 4 is 17.9 Å². The highest BCUT2D eigenvalue weighted by Crippen LogP contribution is 2.14. The smallest absolute Gasteiger partial charge is 0.306 e. The third-order valence-electron chi connectivity index (χ3n) is 11.1. The molecule has 0 aromatic rings. The van der Waals surface area contributed by atoms with Crippen LogP contribution in [0.2, 0.25) is 0 Å². The molecule has 0 fully saturated rings. The summed E-state index contributed by atoms with van der Waals surface area (Å²) < 4.78 is 16.8. The quantitative estimate of drug-likeness (QED) is 0.0262. The Balaban J connectivity index is 4.44. The second-order valence-electron chi connectivity index (χ2n) is 17.6. The van der Waals surface area contributed by atoms with Crippen molar-refractivity contribution in [2.75, 3.05) is 13.2 Å². The highest BCUT2D eigenvalue weighted by Gasteiger charge is 2.19. The molecule has 0 amide bonds. The van der Waals surface area contributed by atoms with E-state index in [4.69, 9.17) is 14.2 Å². The van der Waals surface area contributed by atoms with Gasteiger partial charge >= 0.3 is 17.9 Å². The maximum atomic E-state index is 12.8. The van der Waals surface area contributed by atoms with Crippen LogP contribution in [0.1, 0.15) is 233 Å². The third kappa shape index (κ3) is 51.1. The topological polar surface area (TPSA) is 78.9 Å². The van der Waals surface area contributed by atoms with E-state index in [1.54, 1.807) is 0 Å². The summed E-state index contributed by atoms with van der Waals surface area (Å²) in [6.07, 6.45) is 72.1. The zero-order chi connectivity index (χ0) is 47.9. The Morgan fingerprint density at radius 3 is 0.985 bits per heavy atom. The van der Waals surface area contributed by atoms with Crippen LogP contribution >= 0.6 is 0 Å². The highest BCUT2D eigenvalue weighted by molar-refractivity contribution is 5.71. The Bertz CT molecular complexity index is 1370. The number of rotatable bonds is 47. The first-order valence-corrected chi connectivity index (χ1v) is 27.0. The van der Waals surface area contributed by atoms with E-state index in [9.17, 15) is 14.4 Å². The molecular formula is C60H98O6. The normalized spacial score (nSPS) is 13.0. The van der Waals surface area contributed by atoms with Gasteiger partial charge < -0.3 is 14.2 Å². The van der Waals surface area contributed by atoms with Crippen LogP contribution in [0.25, 0.3) is 0 Å². The van der Waals surface area contributed by atoms with Crippen molar-refractivity contribution in [3.63, 3.8) is 0 Å². The van der Waals surface area contributed by atoms with Crippen molar-refractivity contribution in [3.05, 3.63) is 109 Å². The Labute approximate surface area is 406 Å². The number of allylic oxidation sites excluding steroid dienone is 18. The van der Waals surface area contributed by atoms with Crippen molar-refractivity contribution < 1.29 is 28.6 Å². The van der Waals surface area contributed by atoms with Crippen LogP contribution in [-0.4, -0.2) is 37.2 Å². The first-order valence-electron chi connectivity index (χ1n) is 27.0. The van der Waals surface area contributed by atoms with Gasteiger partial charge in [0.25, 0.3) is 0 Å². The van der Waals surface area contributed by atoms with Gasteiger partial charge in [0.05, 0.1) is 0 Å². The number of unbranched alkanes of at least 4 members (excludes halogenated alkanes) is 24. The van der Waals surface area contributed by atoms with Gasteiger partial charge in [-0.15, -0.1) is 0 Å². The number of carbonyl (C=O) groups excluding carboxylic acids is 3. The maximum Gasteiger partial charge on any atom is 0.306 e. The Morgan fingerprint density at radius 2 is 0.591 bits per heavy atom. The predicted octanol–water partition coefficient (Wildman–Crippen LogP) is 17.9. The lowest BCUT2D eigenvalue weighted by Gasteiger charge is -2.18. The van der Waals surface area contributed by atoms with Crippen molar-refractivity contribution in [3.8, 4) is 0 Å². The molecule has 0 aromatic heterocycles. The predicted molar refractivity (Wildman–Crippen MR) is 283 cm³/mol. The molecule has 0 rings (SSSR count). The summed E-state index contributed by atoms with van der Waals surface area (Å²) >= 11 is 0. The molecule has 1 atom stereocenters. The molecule has 0 saturated heterocycles. The lowest BCUT2D eigenvalue weighted by atomic mass is 10.1. The Morgan fingerprint density at radius 1 is 0.303 bits per heavy atom. The van der Waals surface area contributed by atoms with Crippen molar-refractivity contribution in [1.82, 2.24) is 0 Å². The molecule has 66 heavy (non-hydrogen) atoms.